The summed E-state index contributed by atoms with van der Waals surface area (Å²) >= 11 is 0. The van der Waals surface area contributed by atoms with Crippen LogP contribution in [0.25, 0.3) is 0 Å². The van der Waals surface area contributed by atoms with Crippen LogP contribution in [-0.2, 0) is 16.4 Å². The Hall–Kier alpha value is -1.69. The molecule has 1 atom stereocenters. The van der Waals surface area contributed by atoms with E-state index in [-0.39, 0.29) is 18.1 Å². The van der Waals surface area contributed by atoms with Gasteiger partial charge in [-0.2, -0.15) is 0 Å². The van der Waals surface area contributed by atoms with Crippen molar-refractivity contribution in [2.75, 3.05) is 0 Å². The molecule has 1 aliphatic rings. The molecule has 2 aromatic rings. The zero-order valence-corrected chi connectivity index (χ0v) is 14.5. The number of rotatable bonds is 6. The molecule has 0 amide bonds. The van der Waals surface area contributed by atoms with Crippen molar-refractivity contribution < 1.29 is 13.5 Å². The molecule has 0 unspecified atom stereocenters. The highest BCUT2D eigenvalue weighted by Gasteiger charge is 2.36. The van der Waals surface area contributed by atoms with Gasteiger partial charge in [0, 0.05) is 6.04 Å². The van der Waals surface area contributed by atoms with Gasteiger partial charge in [0.25, 0.3) is 0 Å². The van der Waals surface area contributed by atoms with Crippen LogP contribution in [-0.4, -0.2) is 25.7 Å². The van der Waals surface area contributed by atoms with Gasteiger partial charge in [0.15, 0.2) is 0 Å². The quantitative estimate of drug-likeness (QED) is 0.846. The van der Waals surface area contributed by atoms with Gasteiger partial charge in [-0.25, -0.2) is 13.1 Å². The number of nitrogens with one attached hydrogen (secondary N) is 1. The fourth-order valence-electron chi connectivity index (χ4n) is 3.25. The second kappa shape index (κ2) is 7.05. The molecule has 1 aliphatic carbocycles. The molecular weight excluding hydrogens is 322 g/mol. The van der Waals surface area contributed by atoms with Crippen LogP contribution >= 0.6 is 0 Å². The van der Waals surface area contributed by atoms with Gasteiger partial charge in [-0.3, -0.25) is 0 Å². The number of aliphatic hydroxyl groups excluding tert-OH is 1. The molecule has 1 fully saturated rings. The monoisotopic (exact) mass is 345 g/mol. The van der Waals surface area contributed by atoms with Gasteiger partial charge < -0.3 is 5.11 Å². The van der Waals surface area contributed by atoms with Crippen LogP contribution in [0.5, 0.6) is 0 Å². The first-order valence-electron chi connectivity index (χ1n) is 8.25. The second-order valence-electron chi connectivity index (χ2n) is 6.57. The number of sulfonamides is 1. The fourth-order valence-corrected chi connectivity index (χ4v) is 4.80. The lowest BCUT2D eigenvalue weighted by Gasteiger charge is -2.38. The van der Waals surface area contributed by atoms with Crippen LogP contribution in [0.2, 0.25) is 0 Å². The van der Waals surface area contributed by atoms with Crippen molar-refractivity contribution >= 4 is 10.0 Å². The summed E-state index contributed by atoms with van der Waals surface area (Å²) in [5.74, 6) is 0.166. The lowest BCUT2D eigenvalue weighted by Crippen LogP contribution is -2.48. The number of benzene rings is 2. The summed E-state index contributed by atoms with van der Waals surface area (Å²) in [6.45, 7) is 1.80. The van der Waals surface area contributed by atoms with E-state index < -0.39 is 10.0 Å². The molecule has 0 radical (unpaired) electrons. The normalized spacial score (nSPS) is 21.9. The molecular formula is C19H23NO3S. The van der Waals surface area contributed by atoms with Crippen molar-refractivity contribution in [2.24, 2.45) is 5.92 Å². The van der Waals surface area contributed by atoms with Crippen molar-refractivity contribution in [1.29, 1.82) is 0 Å². The molecule has 0 aliphatic heterocycles. The third-order valence-corrected chi connectivity index (χ3v) is 6.36. The minimum absolute atomic E-state index is 0.166. The maximum absolute atomic E-state index is 12.8. The molecule has 128 valence electrons. The molecule has 0 bridgehead atoms. The van der Waals surface area contributed by atoms with Gasteiger partial charge in [-0.05, 0) is 49.3 Å². The third kappa shape index (κ3) is 3.86. The third-order valence-electron chi connectivity index (χ3n) is 4.71. The Morgan fingerprint density at radius 1 is 1.08 bits per heavy atom. The Morgan fingerprint density at radius 3 is 2.33 bits per heavy atom. The summed E-state index contributed by atoms with van der Waals surface area (Å²) in [6, 6.07) is 16.7. The topological polar surface area (TPSA) is 66.4 Å². The Kier molecular flexibility index (Phi) is 5.04. The number of aliphatic hydroxyl groups is 1. The molecule has 1 saturated carbocycles. The van der Waals surface area contributed by atoms with E-state index in [0.29, 0.717) is 24.2 Å². The smallest absolute Gasteiger partial charge is 0.241 e. The summed E-state index contributed by atoms with van der Waals surface area (Å²) < 4.78 is 28.5. The first-order valence-corrected chi connectivity index (χ1v) is 9.74. The Morgan fingerprint density at radius 2 is 1.71 bits per heavy atom. The van der Waals surface area contributed by atoms with Crippen LogP contribution in [0.15, 0.2) is 59.5 Å². The minimum atomic E-state index is -3.58. The average Bonchev–Trinajstić information content (AvgIpc) is 2.52. The van der Waals surface area contributed by atoms with Crippen LogP contribution < -0.4 is 4.72 Å². The second-order valence-corrected chi connectivity index (χ2v) is 8.25. The van der Waals surface area contributed by atoms with Gasteiger partial charge >= 0.3 is 0 Å². The summed E-state index contributed by atoms with van der Waals surface area (Å²) in [4.78, 5) is 0.322. The van der Waals surface area contributed by atoms with Crippen molar-refractivity contribution in [3.8, 4) is 0 Å². The maximum atomic E-state index is 12.8. The number of aryl methyl sites for hydroxylation is 1. The van der Waals surface area contributed by atoms with Crippen LogP contribution in [0.3, 0.4) is 0 Å². The van der Waals surface area contributed by atoms with E-state index in [0.717, 1.165) is 11.1 Å². The SMILES string of the molecule is Cc1ccccc1S(=O)(=O)N[C@H](Cc1ccccc1)C1CC(O)C1. The van der Waals surface area contributed by atoms with E-state index in [9.17, 15) is 13.5 Å². The highest BCUT2D eigenvalue weighted by atomic mass is 32.2. The van der Waals surface area contributed by atoms with Crippen molar-refractivity contribution in [2.45, 2.75) is 43.2 Å². The van der Waals surface area contributed by atoms with E-state index in [2.05, 4.69) is 4.72 Å². The lowest BCUT2D eigenvalue weighted by molar-refractivity contribution is 0.0283. The van der Waals surface area contributed by atoms with Crippen molar-refractivity contribution in [3.63, 3.8) is 0 Å². The highest BCUT2D eigenvalue weighted by Crippen LogP contribution is 2.32. The van der Waals surface area contributed by atoms with Crippen LogP contribution in [0.1, 0.15) is 24.0 Å². The zero-order valence-electron chi connectivity index (χ0n) is 13.7. The van der Waals surface area contributed by atoms with E-state index in [1.165, 1.54) is 0 Å². The van der Waals surface area contributed by atoms with E-state index >= 15 is 0 Å². The fraction of sp³-hybridized carbons (Fsp3) is 0.368. The molecule has 3 rings (SSSR count). The van der Waals surface area contributed by atoms with Gasteiger partial charge in [-0.1, -0.05) is 48.5 Å². The van der Waals surface area contributed by atoms with E-state index in [1.807, 2.05) is 36.4 Å². The summed E-state index contributed by atoms with van der Waals surface area (Å²) in [6.07, 6.45) is 1.61. The Labute approximate surface area is 143 Å². The predicted molar refractivity (Wildman–Crippen MR) is 94.2 cm³/mol. The number of hydrogen-bond donors (Lipinski definition) is 2. The minimum Gasteiger partial charge on any atom is -0.393 e. The Balaban J connectivity index is 1.82. The first-order chi connectivity index (χ1) is 11.5. The average molecular weight is 345 g/mol. The van der Waals surface area contributed by atoms with Gasteiger partial charge in [0.05, 0.1) is 11.0 Å². The van der Waals surface area contributed by atoms with Gasteiger partial charge in [0.2, 0.25) is 10.0 Å². The van der Waals surface area contributed by atoms with E-state index in [1.54, 1.807) is 25.1 Å². The molecule has 24 heavy (non-hydrogen) atoms. The molecule has 0 spiro atoms. The molecule has 2 N–H and O–H groups in total. The molecule has 0 aromatic heterocycles. The molecule has 2 aromatic carbocycles. The van der Waals surface area contributed by atoms with E-state index in [4.69, 9.17) is 0 Å². The van der Waals surface area contributed by atoms with Crippen molar-refractivity contribution in [3.05, 3.63) is 65.7 Å². The summed E-state index contributed by atoms with van der Waals surface area (Å²) in [7, 11) is -3.58. The first kappa shape index (κ1) is 17.1. The number of hydrogen-bond acceptors (Lipinski definition) is 3. The predicted octanol–water partition coefficient (Wildman–Crippen LogP) is 2.66. The van der Waals surface area contributed by atoms with Gasteiger partial charge in [-0.15, -0.1) is 0 Å². The molecule has 0 heterocycles. The molecule has 5 heteroatoms. The summed E-state index contributed by atoms with van der Waals surface area (Å²) in [5.41, 5.74) is 1.83. The molecule has 0 saturated heterocycles. The zero-order chi connectivity index (χ0) is 17.2. The van der Waals surface area contributed by atoms with Crippen molar-refractivity contribution in [1.82, 2.24) is 4.72 Å². The lowest BCUT2D eigenvalue weighted by atomic mass is 9.76. The van der Waals surface area contributed by atoms with Crippen LogP contribution in [0.4, 0.5) is 0 Å². The van der Waals surface area contributed by atoms with Crippen LogP contribution in [0, 0.1) is 12.8 Å². The standard InChI is InChI=1S/C19H23NO3S/c1-14-7-5-6-10-19(14)24(22,23)20-18(16-12-17(21)13-16)11-15-8-3-2-4-9-15/h2-10,16-18,20-21H,11-13H2,1H3/t16?,17?,18-/m1/s1. The largest absolute Gasteiger partial charge is 0.393 e. The molecule has 4 nitrogen and oxygen atoms in total. The maximum Gasteiger partial charge on any atom is 0.241 e. The summed E-state index contributed by atoms with van der Waals surface area (Å²) in [5, 5.41) is 9.62. The van der Waals surface area contributed by atoms with Gasteiger partial charge in [0.1, 0.15) is 0 Å². The highest BCUT2D eigenvalue weighted by molar-refractivity contribution is 7.89. The Bertz CT molecular complexity index is 783.